The van der Waals surface area contributed by atoms with E-state index in [1.165, 1.54) is 11.6 Å². The van der Waals surface area contributed by atoms with Gasteiger partial charge in [0.05, 0.1) is 0 Å². The first-order chi connectivity index (χ1) is 14.3. The summed E-state index contributed by atoms with van der Waals surface area (Å²) in [4.78, 5) is 14.9. The van der Waals surface area contributed by atoms with Gasteiger partial charge in [-0.3, -0.25) is 9.52 Å². The molecule has 3 rings (SSSR count). The number of carbonyl (C=O) groups is 1. The lowest BCUT2D eigenvalue weighted by Crippen LogP contribution is -2.33. The number of sulfonamides is 1. The van der Waals surface area contributed by atoms with Crippen LogP contribution in [0.3, 0.4) is 0 Å². The van der Waals surface area contributed by atoms with Crippen molar-refractivity contribution in [3.05, 3.63) is 82.0 Å². The normalized spacial score (nSPS) is 11.4. The zero-order valence-corrected chi connectivity index (χ0v) is 18.6. The van der Waals surface area contributed by atoms with E-state index < -0.39 is 10.0 Å². The van der Waals surface area contributed by atoms with Crippen LogP contribution in [0, 0.1) is 6.92 Å². The lowest BCUT2D eigenvalue weighted by atomic mass is 10.2. The van der Waals surface area contributed by atoms with Gasteiger partial charge in [-0.15, -0.1) is 11.3 Å². The van der Waals surface area contributed by atoms with Gasteiger partial charge in [0.25, 0.3) is 15.9 Å². The highest BCUT2D eigenvalue weighted by Crippen LogP contribution is 2.24. The number of hydrogen-bond donors (Lipinski definition) is 2. The number of amides is 1. The summed E-state index contributed by atoms with van der Waals surface area (Å²) in [7, 11) is -1.87. The molecule has 30 heavy (non-hydrogen) atoms. The highest BCUT2D eigenvalue weighted by Gasteiger charge is 2.24. The molecule has 1 heterocycles. The molecular formula is C22H25N3O3S2. The van der Waals surface area contributed by atoms with Crippen LogP contribution in [0.15, 0.2) is 70.9 Å². The maximum Gasteiger partial charge on any atom is 0.263 e. The third kappa shape index (κ3) is 5.91. The van der Waals surface area contributed by atoms with Gasteiger partial charge in [-0.25, -0.2) is 8.42 Å². The number of nitrogens with one attached hydrogen (secondary N) is 2. The first-order valence-electron chi connectivity index (χ1n) is 9.53. The number of nitrogens with zero attached hydrogens (tertiary/aromatic N) is 1. The molecule has 1 aromatic heterocycles. The summed E-state index contributed by atoms with van der Waals surface area (Å²) in [6.45, 7) is 3.77. The quantitative estimate of drug-likeness (QED) is 0.528. The van der Waals surface area contributed by atoms with Crippen molar-refractivity contribution in [2.75, 3.05) is 24.9 Å². The molecule has 2 aromatic carbocycles. The maximum atomic E-state index is 12.8. The molecule has 8 heteroatoms. The molecule has 0 spiro atoms. The number of anilines is 1. The Morgan fingerprint density at radius 2 is 1.73 bits per heavy atom. The first-order valence-corrected chi connectivity index (χ1v) is 11.9. The minimum Gasteiger partial charge on any atom is -0.350 e. The third-order valence-corrected chi connectivity index (χ3v) is 6.97. The van der Waals surface area contributed by atoms with E-state index in [9.17, 15) is 13.2 Å². The van der Waals surface area contributed by atoms with E-state index in [1.807, 2.05) is 44.3 Å². The van der Waals surface area contributed by atoms with E-state index in [2.05, 4.69) is 27.1 Å². The Bertz CT molecular complexity index is 1080. The fourth-order valence-electron chi connectivity index (χ4n) is 2.92. The van der Waals surface area contributed by atoms with Crippen molar-refractivity contribution in [3.63, 3.8) is 0 Å². The molecule has 0 saturated heterocycles. The molecule has 1 amide bonds. The molecule has 0 bridgehead atoms. The van der Waals surface area contributed by atoms with Crippen LogP contribution in [-0.2, 0) is 16.6 Å². The van der Waals surface area contributed by atoms with Crippen molar-refractivity contribution in [1.82, 2.24) is 10.2 Å². The Morgan fingerprint density at radius 1 is 1.03 bits per heavy atom. The van der Waals surface area contributed by atoms with Gasteiger partial charge in [0.2, 0.25) is 0 Å². The second-order valence-corrected chi connectivity index (χ2v) is 9.63. The highest BCUT2D eigenvalue weighted by molar-refractivity contribution is 7.93. The molecule has 0 unspecified atom stereocenters. The van der Waals surface area contributed by atoms with Gasteiger partial charge in [-0.05, 0) is 43.1 Å². The predicted octanol–water partition coefficient (Wildman–Crippen LogP) is 3.72. The minimum atomic E-state index is -3.85. The smallest absolute Gasteiger partial charge is 0.263 e. The summed E-state index contributed by atoms with van der Waals surface area (Å²) in [5, 5.41) is 4.43. The van der Waals surface area contributed by atoms with E-state index in [4.69, 9.17) is 0 Å². The van der Waals surface area contributed by atoms with Crippen molar-refractivity contribution < 1.29 is 13.2 Å². The van der Waals surface area contributed by atoms with Crippen LogP contribution in [0.1, 0.15) is 20.8 Å². The van der Waals surface area contributed by atoms with Gasteiger partial charge in [0.1, 0.15) is 9.77 Å². The fraction of sp³-hybridized carbons (Fsp3) is 0.227. The molecule has 0 atom stereocenters. The molecule has 0 fully saturated rings. The van der Waals surface area contributed by atoms with Crippen LogP contribution in [0.2, 0.25) is 0 Å². The second kappa shape index (κ2) is 9.88. The number of carbonyl (C=O) groups excluding carboxylic acids is 1. The molecule has 3 aromatic rings. The average molecular weight is 444 g/mol. The molecule has 158 valence electrons. The lowest BCUT2D eigenvalue weighted by Gasteiger charge is -2.17. The topological polar surface area (TPSA) is 78.5 Å². The Morgan fingerprint density at radius 3 is 2.43 bits per heavy atom. The van der Waals surface area contributed by atoms with Crippen LogP contribution >= 0.6 is 11.3 Å². The maximum absolute atomic E-state index is 12.8. The first kappa shape index (κ1) is 22.0. The molecular weight excluding hydrogens is 418 g/mol. The standard InChI is InChI=1S/C22H25N3O3S2/c1-17-8-10-19(11-9-17)24-30(27,28)20-12-15-29-21(20)22(26)23-13-14-25(2)16-18-6-4-3-5-7-18/h3-12,15,24H,13-14,16H2,1-2H3,(H,23,26). The summed E-state index contributed by atoms with van der Waals surface area (Å²) in [6.07, 6.45) is 0. The molecule has 0 aliphatic rings. The minimum absolute atomic E-state index is 0.0109. The Hall–Kier alpha value is -2.68. The number of hydrogen-bond acceptors (Lipinski definition) is 5. The summed E-state index contributed by atoms with van der Waals surface area (Å²) in [5.41, 5.74) is 2.69. The van der Waals surface area contributed by atoms with E-state index in [-0.39, 0.29) is 15.7 Å². The van der Waals surface area contributed by atoms with Crippen LogP contribution in [0.25, 0.3) is 0 Å². The summed E-state index contributed by atoms with van der Waals surface area (Å²) in [6, 6.07) is 18.6. The monoisotopic (exact) mass is 443 g/mol. The van der Waals surface area contributed by atoms with Gasteiger partial charge in [-0.1, -0.05) is 48.0 Å². The summed E-state index contributed by atoms with van der Waals surface area (Å²) < 4.78 is 28.1. The van der Waals surface area contributed by atoms with Crippen molar-refractivity contribution in [3.8, 4) is 0 Å². The third-order valence-electron chi connectivity index (χ3n) is 4.50. The molecule has 2 N–H and O–H groups in total. The zero-order valence-electron chi connectivity index (χ0n) is 17.0. The SMILES string of the molecule is Cc1ccc(NS(=O)(=O)c2ccsc2C(=O)NCCN(C)Cc2ccccc2)cc1. The molecule has 0 radical (unpaired) electrons. The number of benzene rings is 2. The van der Waals surface area contributed by atoms with E-state index in [0.717, 1.165) is 23.4 Å². The van der Waals surface area contributed by atoms with E-state index >= 15 is 0 Å². The van der Waals surface area contributed by atoms with Crippen molar-refractivity contribution >= 4 is 33.0 Å². The summed E-state index contributed by atoms with van der Waals surface area (Å²) in [5.74, 6) is -0.387. The Kier molecular flexibility index (Phi) is 7.25. The largest absolute Gasteiger partial charge is 0.350 e. The predicted molar refractivity (Wildman–Crippen MR) is 121 cm³/mol. The van der Waals surface area contributed by atoms with E-state index in [1.54, 1.807) is 17.5 Å². The van der Waals surface area contributed by atoms with E-state index in [0.29, 0.717) is 18.8 Å². The second-order valence-electron chi connectivity index (χ2n) is 7.06. The zero-order chi connectivity index (χ0) is 21.6. The van der Waals surface area contributed by atoms with Crippen LogP contribution in [-0.4, -0.2) is 39.4 Å². The van der Waals surface area contributed by atoms with Crippen molar-refractivity contribution in [2.45, 2.75) is 18.4 Å². The molecule has 6 nitrogen and oxygen atoms in total. The van der Waals surface area contributed by atoms with Crippen molar-refractivity contribution in [1.29, 1.82) is 0 Å². The van der Waals surface area contributed by atoms with Crippen LogP contribution < -0.4 is 10.0 Å². The van der Waals surface area contributed by atoms with Gasteiger partial charge in [-0.2, -0.15) is 0 Å². The molecule has 0 aliphatic heterocycles. The molecule has 0 saturated carbocycles. The van der Waals surface area contributed by atoms with Gasteiger partial charge < -0.3 is 10.2 Å². The number of thiophene rings is 1. The fourth-order valence-corrected chi connectivity index (χ4v) is 5.32. The van der Waals surface area contributed by atoms with Crippen molar-refractivity contribution in [2.24, 2.45) is 0 Å². The summed E-state index contributed by atoms with van der Waals surface area (Å²) >= 11 is 1.11. The van der Waals surface area contributed by atoms with Crippen LogP contribution in [0.4, 0.5) is 5.69 Å². The van der Waals surface area contributed by atoms with Crippen LogP contribution in [0.5, 0.6) is 0 Å². The van der Waals surface area contributed by atoms with Gasteiger partial charge in [0, 0.05) is 25.3 Å². The Balaban J connectivity index is 1.58. The number of likely N-dealkylation sites (N-methyl/N-ethyl adjacent to an activating group) is 1. The van der Waals surface area contributed by atoms with Gasteiger partial charge in [0.15, 0.2) is 0 Å². The Labute approximate surface area is 181 Å². The molecule has 0 aliphatic carbocycles. The average Bonchev–Trinajstić information content (AvgIpc) is 3.21. The highest BCUT2D eigenvalue weighted by atomic mass is 32.2. The lowest BCUT2D eigenvalue weighted by molar-refractivity contribution is 0.0950. The number of rotatable bonds is 9. The number of aryl methyl sites for hydroxylation is 1. The van der Waals surface area contributed by atoms with Gasteiger partial charge >= 0.3 is 0 Å².